The molecule has 0 aromatic carbocycles. The predicted molar refractivity (Wildman–Crippen MR) is 69.1 cm³/mol. The van der Waals surface area contributed by atoms with E-state index < -0.39 is 0 Å². The molecule has 0 spiro atoms. The summed E-state index contributed by atoms with van der Waals surface area (Å²) in [6.45, 7) is 0.881. The van der Waals surface area contributed by atoms with Gasteiger partial charge in [0.05, 0.1) is 0 Å². The molecular weight excluding hydrogens is 226 g/mol. The maximum Gasteiger partial charge on any atom is 0.220 e. The highest BCUT2D eigenvalue weighted by Crippen LogP contribution is 2.27. The first-order valence-corrected chi connectivity index (χ1v) is 7.10. The van der Waals surface area contributed by atoms with Crippen molar-refractivity contribution in [2.75, 3.05) is 0 Å². The van der Waals surface area contributed by atoms with Crippen LogP contribution in [0.1, 0.15) is 44.3 Å². The maximum absolute atomic E-state index is 12.0. The second-order valence-electron chi connectivity index (χ2n) is 5.65. The van der Waals surface area contributed by atoms with Crippen LogP contribution in [0.25, 0.3) is 0 Å². The van der Waals surface area contributed by atoms with Gasteiger partial charge in [-0.25, -0.2) is 4.98 Å². The Balaban J connectivity index is 1.50. The van der Waals surface area contributed by atoms with Crippen molar-refractivity contribution in [1.82, 2.24) is 14.9 Å². The Labute approximate surface area is 108 Å². The van der Waals surface area contributed by atoms with Crippen molar-refractivity contribution in [2.45, 2.75) is 57.5 Å². The molecule has 1 aromatic heterocycles. The summed E-state index contributed by atoms with van der Waals surface area (Å²) in [5, 5.41) is 3.19. The van der Waals surface area contributed by atoms with Gasteiger partial charge in [0.25, 0.3) is 0 Å². The van der Waals surface area contributed by atoms with Crippen molar-refractivity contribution in [3.63, 3.8) is 0 Å². The monoisotopic (exact) mass is 247 g/mol. The van der Waals surface area contributed by atoms with Gasteiger partial charge in [0, 0.05) is 37.8 Å². The molecular formula is C14H21N3O. The summed E-state index contributed by atoms with van der Waals surface area (Å²) < 4.78 is 2.16. The Kier molecular flexibility index (Phi) is 3.35. The van der Waals surface area contributed by atoms with Gasteiger partial charge in [-0.1, -0.05) is 12.8 Å². The van der Waals surface area contributed by atoms with E-state index >= 15 is 0 Å². The molecule has 2 aliphatic rings. The average molecular weight is 247 g/mol. The Bertz CT molecular complexity index is 420. The highest BCUT2D eigenvalue weighted by atomic mass is 16.1. The Morgan fingerprint density at radius 3 is 3.06 bits per heavy atom. The number of aryl methyl sites for hydroxylation is 1. The van der Waals surface area contributed by atoms with E-state index in [1.54, 1.807) is 0 Å². The summed E-state index contributed by atoms with van der Waals surface area (Å²) in [5.74, 6) is 2.03. The van der Waals surface area contributed by atoms with Crippen molar-refractivity contribution in [3.05, 3.63) is 18.2 Å². The number of rotatable bonds is 3. The largest absolute Gasteiger partial charge is 0.352 e. The van der Waals surface area contributed by atoms with Gasteiger partial charge >= 0.3 is 0 Å². The molecule has 1 fully saturated rings. The lowest BCUT2D eigenvalue weighted by Gasteiger charge is -2.25. The van der Waals surface area contributed by atoms with Crippen molar-refractivity contribution >= 4 is 5.91 Å². The van der Waals surface area contributed by atoms with Crippen LogP contribution in [-0.2, 0) is 17.8 Å². The van der Waals surface area contributed by atoms with Crippen LogP contribution in [0.5, 0.6) is 0 Å². The highest BCUT2D eigenvalue weighted by molar-refractivity contribution is 5.76. The van der Waals surface area contributed by atoms with Gasteiger partial charge < -0.3 is 9.88 Å². The summed E-state index contributed by atoms with van der Waals surface area (Å²) >= 11 is 0. The minimum absolute atomic E-state index is 0.246. The van der Waals surface area contributed by atoms with Crippen LogP contribution in [-0.4, -0.2) is 21.5 Å². The topological polar surface area (TPSA) is 46.9 Å². The first kappa shape index (κ1) is 11.8. The molecule has 0 saturated heterocycles. The minimum Gasteiger partial charge on any atom is -0.352 e. The van der Waals surface area contributed by atoms with Crippen LogP contribution < -0.4 is 5.32 Å². The number of hydrogen-bond donors (Lipinski definition) is 1. The summed E-state index contributed by atoms with van der Waals surface area (Å²) in [6, 6.07) is 0.292. The number of fused-ring (bicyclic) bond motifs is 1. The lowest BCUT2D eigenvalue weighted by atomic mass is 10.0. The number of imidazole rings is 1. The minimum atomic E-state index is 0.246. The standard InChI is InChI=1S/C14H21N3O/c18-14(9-11-3-1-2-4-11)16-12-5-6-13-15-7-8-17(13)10-12/h7-8,11-12H,1-6,9-10H2,(H,16,18)/t12-/m1/s1. The van der Waals surface area contributed by atoms with E-state index in [0.717, 1.165) is 31.6 Å². The van der Waals surface area contributed by atoms with Gasteiger partial charge in [0.2, 0.25) is 5.91 Å². The summed E-state index contributed by atoms with van der Waals surface area (Å²) in [4.78, 5) is 16.3. The summed E-state index contributed by atoms with van der Waals surface area (Å²) in [7, 11) is 0. The van der Waals surface area contributed by atoms with Crippen molar-refractivity contribution < 1.29 is 4.79 Å². The van der Waals surface area contributed by atoms with Gasteiger partial charge in [0.15, 0.2) is 0 Å². The normalized spacial score (nSPS) is 23.9. The van der Waals surface area contributed by atoms with E-state index in [2.05, 4.69) is 14.9 Å². The fourth-order valence-corrected chi connectivity index (χ4v) is 3.25. The molecule has 1 atom stereocenters. The second-order valence-corrected chi connectivity index (χ2v) is 5.65. The first-order valence-electron chi connectivity index (χ1n) is 7.10. The lowest BCUT2D eigenvalue weighted by Crippen LogP contribution is -2.41. The van der Waals surface area contributed by atoms with E-state index in [-0.39, 0.29) is 5.91 Å². The number of hydrogen-bond acceptors (Lipinski definition) is 2. The molecule has 1 aromatic rings. The van der Waals surface area contributed by atoms with Gasteiger partial charge in [0.1, 0.15) is 5.82 Å². The molecule has 18 heavy (non-hydrogen) atoms. The molecule has 3 rings (SSSR count). The molecule has 1 N–H and O–H groups in total. The van der Waals surface area contributed by atoms with Crippen LogP contribution in [0.3, 0.4) is 0 Å². The molecule has 4 nitrogen and oxygen atoms in total. The number of aromatic nitrogens is 2. The predicted octanol–water partition coefficient (Wildman–Crippen LogP) is 1.89. The summed E-state index contributed by atoms with van der Waals surface area (Å²) in [5.41, 5.74) is 0. The smallest absolute Gasteiger partial charge is 0.220 e. The fraction of sp³-hybridized carbons (Fsp3) is 0.714. The van der Waals surface area contributed by atoms with Gasteiger partial charge in [-0.3, -0.25) is 4.79 Å². The van der Waals surface area contributed by atoms with Gasteiger partial charge in [-0.15, -0.1) is 0 Å². The molecule has 1 aliphatic carbocycles. The molecule has 98 valence electrons. The number of carbonyl (C=O) groups is 1. The number of carbonyl (C=O) groups excluding carboxylic acids is 1. The van der Waals surface area contributed by atoms with Crippen LogP contribution >= 0.6 is 0 Å². The molecule has 0 bridgehead atoms. The van der Waals surface area contributed by atoms with Crippen molar-refractivity contribution in [3.8, 4) is 0 Å². The van der Waals surface area contributed by atoms with Crippen LogP contribution in [0.4, 0.5) is 0 Å². The zero-order valence-corrected chi connectivity index (χ0v) is 10.8. The van der Waals surface area contributed by atoms with Crippen LogP contribution in [0, 0.1) is 5.92 Å². The number of amides is 1. The van der Waals surface area contributed by atoms with Crippen molar-refractivity contribution in [1.29, 1.82) is 0 Å². The van der Waals surface area contributed by atoms with Gasteiger partial charge in [-0.05, 0) is 25.2 Å². The fourth-order valence-electron chi connectivity index (χ4n) is 3.25. The zero-order valence-electron chi connectivity index (χ0n) is 10.8. The van der Waals surface area contributed by atoms with E-state index in [4.69, 9.17) is 0 Å². The molecule has 1 saturated carbocycles. The highest BCUT2D eigenvalue weighted by Gasteiger charge is 2.23. The van der Waals surface area contributed by atoms with Crippen LogP contribution in [0.15, 0.2) is 12.4 Å². The third-order valence-electron chi connectivity index (χ3n) is 4.25. The first-order chi connectivity index (χ1) is 8.81. The molecule has 0 unspecified atom stereocenters. The quantitative estimate of drug-likeness (QED) is 0.886. The Morgan fingerprint density at radius 1 is 1.39 bits per heavy atom. The molecule has 2 heterocycles. The number of nitrogens with one attached hydrogen (secondary N) is 1. The van der Waals surface area contributed by atoms with E-state index in [0.29, 0.717) is 12.0 Å². The lowest BCUT2D eigenvalue weighted by molar-refractivity contribution is -0.122. The Hall–Kier alpha value is -1.32. The van der Waals surface area contributed by atoms with Crippen LogP contribution in [0.2, 0.25) is 0 Å². The second kappa shape index (κ2) is 5.12. The third kappa shape index (κ3) is 2.57. The molecule has 1 aliphatic heterocycles. The number of nitrogens with zero attached hydrogens (tertiary/aromatic N) is 2. The van der Waals surface area contributed by atoms with E-state index in [9.17, 15) is 4.79 Å². The van der Waals surface area contributed by atoms with Crippen molar-refractivity contribution in [2.24, 2.45) is 5.92 Å². The Morgan fingerprint density at radius 2 is 2.22 bits per heavy atom. The third-order valence-corrected chi connectivity index (χ3v) is 4.25. The average Bonchev–Trinajstić information content (AvgIpc) is 2.98. The van der Waals surface area contributed by atoms with E-state index in [1.807, 2.05) is 12.4 Å². The summed E-state index contributed by atoms with van der Waals surface area (Å²) in [6.07, 6.45) is 11.7. The van der Waals surface area contributed by atoms with Gasteiger partial charge in [-0.2, -0.15) is 0 Å². The molecule has 0 radical (unpaired) electrons. The van der Waals surface area contributed by atoms with E-state index in [1.165, 1.54) is 25.7 Å². The SMILES string of the molecule is O=C(CC1CCCC1)N[C@@H]1CCc2nccn2C1. The molecule has 4 heteroatoms. The molecule has 1 amide bonds. The maximum atomic E-state index is 12.0. The zero-order chi connectivity index (χ0) is 12.4.